The molecule has 0 amide bonds. The largest absolute Gasteiger partial charge is 0.371 e. The summed E-state index contributed by atoms with van der Waals surface area (Å²) in [4.78, 5) is 16.1. The van der Waals surface area contributed by atoms with E-state index in [1.807, 2.05) is 6.92 Å². The standard InChI is InChI=1S/C11H17NO2S/c1-5-14-10(7(2)3)11-12-6-9(15-11)8(4)13/h6-7,10H,5H2,1-4H3. The molecule has 0 aliphatic rings. The number of carbonyl (C=O) groups excluding carboxylic acids is 1. The van der Waals surface area contributed by atoms with Crippen molar-refractivity contribution in [2.24, 2.45) is 5.92 Å². The van der Waals surface area contributed by atoms with Crippen LogP contribution < -0.4 is 0 Å². The van der Waals surface area contributed by atoms with E-state index in [1.54, 1.807) is 13.1 Å². The Bertz CT molecular complexity index is 333. The number of hydrogen-bond acceptors (Lipinski definition) is 4. The molecule has 1 aromatic rings. The molecule has 1 rings (SSSR count). The van der Waals surface area contributed by atoms with Crippen molar-refractivity contribution in [1.82, 2.24) is 4.98 Å². The fraction of sp³-hybridized carbons (Fsp3) is 0.636. The summed E-state index contributed by atoms with van der Waals surface area (Å²) < 4.78 is 5.62. The first-order chi connectivity index (χ1) is 7.06. The average Bonchev–Trinajstić information content (AvgIpc) is 2.62. The van der Waals surface area contributed by atoms with Crippen LogP contribution in [0.15, 0.2) is 6.20 Å². The van der Waals surface area contributed by atoms with Gasteiger partial charge >= 0.3 is 0 Å². The van der Waals surface area contributed by atoms with E-state index in [9.17, 15) is 4.79 Å². The molecule has 4 heteroatoms. The van der Waals surface area contributed by atoms with Crippen LogP contribution in [0.2, 0.25) is 0 Å². The molecule has 1 unspecified atom stereocenters. The maximum atomic E-state index is 11.1. The number of ketones is 1. The van der Waals surface area contributed by atoms with E-state index >= 15 is 0 Å². The molecule has 0 fully saturated rings. The van der Waals surface area contributed by atoms with Crippen LogP contribution in [0.3, 0.4) is 0 Å². The van der Waals surface area contributed by atoms with Crippen molar-refractivity contribution in [3.8, 4) is 0 Å². The monoisotopic (exact) mass is 227 g/mol. The van der Waals surface area contributed by atoms with Gasteiger partial charge in [0.1, 0.15) is 11.1 Å². The van der Waals surface area contributed by atoms with Gasteiger partial charge in [-0.2, -0.15) is 0 Å². The summed E-state index contributed by atoms with van der Waals surface area (Å²) in [5.41, 5.74) is 0. The van der Waals surface area contributed by atoms with Gasteiger partial charge in [0.05, 0.1) is 4.88 Å². The van der Waals surface area contributed by atoms with Crippen LogP contribution in [0, 0.1) is 5.92 Å². The van der Waals surface area contributed by atoms with Gasteiger partial charge in [-0.05, 0) is 12.8 Å². The van der Waals surface area contributed by atoms with Crippen molar-refractivity contribution >= 4 is 17.1 Å². The zero-order valence-electron chi connectivity index (χ0n) is 9.61. The molecular formula is C11H17NO2S. The van der Waals surface area contributed by atoms with Crippen molar-refractivity contribution in [1.29, 1.82) is 0 Å². The lowest BCUT2D eigenvalue weighted by molar-refractivity contribution is 0.0293. The minimum absolute atomic E-state index is 0.00750. The van der Waals surface area contributed by atoms with Crippen molar-refractivity contribution in [2.45, 2.75) is 33.8 Å². The lowest BCUT2D eigenvalue weighted by Gasteiger charge is -2.17. The van der Waals surface area contributed by atoms with E-state index in [0.717, 1.165) is 5.01 Å². The van der Waals surface area contributed by atoms with Gasteiger partial charge in [0, 0.05) is 19.7 Å². The molecule has 0 spiro atoms. The number of Topliss-reactive ketones (excluding diaryl/α,β-unsaturated/α-hetero) is 1. The van der Waals surface area contributed by atoms with E-state index < -0.39 is 0 Å². The highest BCUT2D eigenvalue weighted by atomic mass is 32.1. The first-order valence-corrected chi connectivity index (χ1v) is 5.96. The summed E-state index contributed by atoms with van der Waals surface area (Å²) in [6.07, 6.45) is 1.64. The summed E-state index contributed by atoms with van der Waals surface area (Å²) in [6, 6.07) is 0. The molecule has 1 aromatic heterocycles. The van der Waals surface area contributed by atoms with Gasteiger partial charge in [-0.25, -0.2) is 4.98 Å². The second-order valence-electron chi connectivity index (χ2n) is 3.74. The Morgan fingerprint density at radius 3 is 2.67 bits per heavy atom. The highest BCUT2D eigenvalue weighted by molar-refractivity contribution is 7.13. The molecule has 0 radical (unpaired) electrons. The Balaban J connectivity index is 2.86. The molecule has 0 aliphatic heterocycles. The van der Waals surface area contributed by atoms with Crippen molar-refractivity contribution < 1.29 is 9.53 Å². The van der Waals surface area contributed by atoms with E-state index in [1.165, 1.54) is 11.3 Å². The van der Waals surface area contributed by atoms with E-state index in [-0.39, 0.29) is 11.9 Å². The van der Waals surface area contributed by atoms with Gasteiger partial charge in [-0.15, -0.1) is 11.3 Å². The smallest absolute Gasteiger partial charge is 0.171 e. The lowest BCUT2D eigenvalue weighted by Crippen LogP contribution is -2.10. The second kappa shape index (κ2) is 5.37. The second-order valence-corrected chi connectivity index (χ2v) is 4.80. The van der Waals surface area contributed by atoms with Gasteiger partial charge in [0.2, 0.25) is 0 Å². The Kier molecular flexibility index (Phi) is 4.42. The van der Waals surface area contributed by atoms with Crippen LogP contribution in [-0.4, -0.2) is 17.4 Å². The molecule has 0 N–H and O–H groups in total. The van der Waals surface area contributed by atoms with Gasteiger partial charge in [-0.3, -0.25) is 4.79 Å². The van der Waals surface area contributed by atoms with Crippen molar-refractivity contribution in [3.05, 3.63) is 16.1 Å². The zero-order valence-corrected chi connectivity index (χ0v) is 10.4. The summed E-state index contributed by atoms with van der Waals surface area (Å²) in [5, 5.41) is 0.900. The van der Waals surface area contributed by atoms with Gasteiger partial charge in [0.15, 0.2) is 5.78 Å². The highest BCUT2D eigenvalue weighted by Gasteiger charge is 2.20. The third-order valence-electron chi connectivity index (χ3n) is 2.07. The Hall–Kier alpha value is -0.740. The Morgan fingerprint density at radius 2 is 2.27 bits per heavy atom. The van der Waals surface area contributed by atoms with Crippen LogP contribution in [0.1, 0.15) is 48.5 Å². The molecule has 15 heavy (non-hydrogen) atoms. The van der Waals surface area contributed by atoms with E-state index in [0.29, 0.717) is 17.4 Å². The Morgan fingerprint density at radius 1 is 1.60 bits per heavy atom. The minimum Gasteiger partial charge on any atom is -0.371 e. The zero-order chi connectivity index (χ0) is 11.4. The summed E-state index contributed by atoms with van der Waals surface area (Å²) >= 11 is 1.43. The molecule has 0 aliphatic carbocycles. The molecule has 0 aromatic carbocycles. The van der Waals surface area contributed by atoms with Crippen molar-refractivity contribution in [3.63, 3.8) is 0 Å². The maximum absolute atomic E-state index is 11.1. The predicted octanol–water partition coefficient (Wildman–Crippen LogP) is 3.08. The number of nitrogens with zero attached hydrogens (tertiary/aromatic N) is 1. The Labute approximate surface area is 94.5 Å². The summed E-state index contributed by atoms with van der Waals surface area (Å²) in [7, 11) is 0. The predicted molar refractivity (Wildman–Crippen MR) is 61.3 cm³/mol. The number of hydrogen-bond donors (Lipinski definition) is 0. The fourth-order valence-corrected chi connectivity index (χ4v) is 2.35. The fourth-order valence-electron chi connectivity index (χ4n) is 1.31. The summed E-state index contributed by atoms with van der Waals surface area (Å²) in [6.45, 7) is 8.37. The maximum Gasteiger partial charge on any atom is 0.171 e. The number of thiazole rings is 1. The average molecular weight is 227 g/mol. The molecule has 0 saturated heterocycles. The van der Waals surface area contributed by atoms with Crippen LogP contribution >= 0.6 is 11.3 Å². The topological polar surface area (TPSA) is 39.2 Å². The first kappa shape index (κ1) is 12.3. The van der Waals surface area contributed by atoms with Gasteiger partial charge < -0.3 is 4.74 Å². The molecule has 1 atom stereocenters. The lowest BCUT2D eigenvalue weighted by atomic mass is 10.1. The first-order valence-electron chi connectivity index (χ1n) is 5.14. The van der Waals surface area contributed by atoms with Crippen LogP contribution in [0.25, 0.3) is 0 Å². The molecular weight excluding hydrogens is 210 g/mol. The van der Waals surface area contributed by atoms with E-state index in [4.69, 9.17) is 4.74 Å². The SMILES string of the molecule is CCOC(c1ncc(C(C)=O)s1)C(C)C. The summed E-state index contributed by atoms with van der Waals surface area (Å²) in [5.74, 6) is 0.439. The highest BCUT2D eigenvalue weighted by Crippen LogP contribution is 2.29. The van der Waals surface area contributed by atoms with Gasteiger partial charge in [0.25, 0.3) is 0 Å². The number of carbonyl (C=O) groups is 1. The number of rotatable bonds is 5. The van der Waals surface area contributed by atoms with Crippen LogP contribution in [-0.2, 0) is 4.74 Å². The number of aromatic nitrogens is 1. The molecule has 0 bridgehead atoms. The molecule has 1 heterocycles. The molecule has 3 nitrogen and oxygen atoms in total. The van der Waals surface area contributed by atoms with Crippen LogP contribution in [0.5, 0.6) is 0 Å². The third kappa shape index (κ3) is 3.11. The molecule has 0 saturated carbocycles. The third-order valence-corrected chi connectivity index (χ3v) is 3.23. The van der Waals surface area contributed by atoms with Crippen LogP contribution in [0.4, 0.5) is 0 Å². The molecule has 84 valence electrons. The normalized spacial score (nSPS) is 13.1. The van der Waals surface area contributed by atoms with Gasteiger partial charge in [-0.1, -0.05) is 13.8 Å². The van der Waals surface area contributed by atoms with Crippen molar-refractivity contribution in [2.75, 3.05) is 6.61 Å². The number of ether oxygens (including phenoxy) is 1. The minimum atomic E-state index is 0.00750. The quantitative estimate of drug-likeness (QED) is 0.726. The van der Waals surface area contributed by atoms with E-state index in [2.05, 4.69) is 18.8 Å².